The summed E-state index contributed by atoms with van der Waals surface area (Å²) in [6, 6.07) is 7.93. The largest absolute Gasteiger partial charge is 0.497 e. The van der Waals surface area contributed by atoms with Crippen molar-refractivity contribution < 1.29 is 19.0 Å². The van der Waals surface area contributed by atoms with Gasteiger partial charge in [0.05, 0.1) is 20.3 Å². The second-order valence-corrected chi connectivity index (χ2v) is 8.11. The minimum atomic E-state index is -0.441. The number of hydrogen-bond acceptors (Lipinski definition) is 4. The fourth-order valence-electron chi connectivity index (χ4n) is 3.58. The molecule has 26 heavy (non-hydrogen) atoms. The van der Waals surface area contributed by atoms with Gasteiger partial charge in [-0.15, -0.1) is 0 Å². The lowest BCUT2D eigenvalue weighted by atomic mass is 9.71. The summed E-state index contributed by atoms with van der Waals surface area (Å²) >= 11 is 0. The SMILES string of the molecule is COc1ccc(COCC2=C[C@@H]3C(=CC(=O)OC(C)(C)C)C[C@@H]3C2)cc1. The summed E-state index contributed by atoms with van der Waals surface area (Å²) in [5.41, 5.74) is 3.22. The Morgan fingerprint density at radius 1 is 1.15 bits per heavy atom. The van der Waals surface area contributed by atoms with E-state index in [1.165, 1.54) is 11.1 Å². The minimum Gasteiger partial charge on any atom is -0.497 e. The van der Waals surface area contributed by atoms with Crippen molar-refractivity contribution in [2.45, 2.75) is 45.8 Å². The molecular weight excluding hydrogens is 328 g/mol. The lowest BCUT2D eigenvalue weighted by molar-refractivity contribution is -0.148. The molecule has 0 amide bonds. The van der Waals surface area contributed by atoms with Crippen LogP contribution in [0.4, 0.5) is 0 Å². The van der Waals surface area contributed by atoms with Crippen LogP contribution in [0.15, 0.2) is 47.6 Å². The number of benzene rings is 1. The summed E-state index contributed by atoms with van der Waals surface area (Å²) < 4.78 is 16.4. The van der Waals surface area contributed by atoms with E-state index in [0.717, 1.165) is 24.2 Å². The number of ether oxygens (including phenoxy) is 3. The van der Waals surface area contributed by atoms with E-state index in [1.807, 2.05) is 45.0 Å². The van der Waals surface area contributed by atoms with E-state index in [-0.39, 0.29) is 5.97 Å². The Hall–Kier alpha value is -2.07. The van der Waals surface area contributed by atoms with Gasteiger partial charge in [-0.05, 0) is 62.8 Å². The molecular formula is C22H28O4. The smallest absolute Gasteiger partial charge is 0.331 e. The van der Waals surface area contributed by atoms with Crippen molar-refractivity contribution >= 4 is 5.97 Å². The molecule has 2 aliphatic rings. The van der Waals surface area contributed by atoms with Gasteiger partial charge >= 0.3 is 5.97 Å². The molecule has 0 saturated heterocycles. The summed E-state index contributed by atoms with van der Waals surface area (Å²) in [5.74, 6) is 1.64. The highest BCUT2D eigenvalue weighted by Crippen LogP contribution is 2.49. The second-order valence-electron chi connectivity index (χ2n) is 8.11. The molecule has 0 spiro atoms. The normalized spacial score (nSPS) is 23.2. The molecule has 0 bridgehead atoms. The standard InChI is InChI=1S/C22H28O4/c1-22(2,3)26-21(23)12-18-11-17-9-16(10-20(17)18)14-25-13-15-5-7-19(24-4)8-6-15/h5-8,10,12,17,20H,9,11,13-14H2,1-4H3/t17-,20-/m0/s1. The van der Waals surface area contributed by atoms with Crippen molar-refractivity contribution in [2.24, 2.45) is 11.8 Å². The van der Waals surface area contributed by atoms with E-state index in [1.54, 1.807) is 13.2 Å². The van der Waals surface area contributed by atoms with Crippen molar-refractivity contribution in [3.63, 3.8) is 0 Å². The number of fused-ring (bicyclic) bond motifs is 1. The van der Waals surface area contributed by atoms with Gasteiger partial charge < -0.3 is 14.2 Å². The van der Waals surface area contributed by atoms with Crippen LogP contribution in [0.25, 0.3) is 0 Å². The van der Waals surface area contributed by atoms with Crippen LogP contribution in [-0.4, -0.2) is 25.3 Å². The molecule has 0 unspecified atom stereocenters. The lowest BCUT2D eigenvalue weighted by Gasteiger charge is -2.33. The van der Waals surface area contributed by atoms with Gasteiger partial charge in [0, 0.05) is 12.0 Å². The van der Waals surface area contributed by atoms with Crippen LogP contribution >= 0.6 is 0 Å². The number of rotatable bonds is 6. The number of hydrogen-bond donors (Lipinski definition) is 0. The minimum absolute atomic E-state index is 0.233. The van der Waals surface area contributed by atoms with E-state index in [4.69, 9.17) is 14.2 Å². The molecule has 0 aliphatic heterocycles. The van der Waals surface area contributed by atoms with E-state index >= 15 is 0 Å². The van der Waals surface area contributed by atoms with Crippen LogP contribution in [0.1, 0.15) is 39.2 Å². The van der Waals surface area contributed by atoms with Crippen molar-refractivity contribution in [3.05, 3.63) is 53.1 Å². The highest BCUT2D eigenvalue weighted by molar-refractivity contribution is 5.83. The summed E-state index contributed by atoms with van der Waals surface area (Å²) in [5, 5.41) is 0. The molecule has 4 heteroatoms. The number of carbonyl (C=O) groups is 1. The number of esters is 1. The van der Waals surface area contributed by atoms with Gasteiger partial charge in [-0.3, -0.25) is 0 Å². The zero-order chi connectivity index (χ0) is 18.7. The molecule has 1 aromatic carbocycles. The van der Waals surface area contributed by atoms with E-state index < -0.39 is 5.60 Å². The Kier molecular flexibility index (Phi) is 5.52. The van der Waals surface area contributed by atoms with Gasteiger partial charge in [0.15, 0.2) is 0 Å². The topological polar surface area (TPSA) is 44.8 Å². The van der Waals surface area contributed by atoms with Crippen molar-refractivity contribution in [1.29, 1.82) is 0 Å². The van der Waals surface area contributed by atoms with Crippen LogP contribution in [0.5, 0.6) is 5.75 Å². The molecule has 0 heterocycles. The highest BCUT2D eigenvalue weighted by atomic mass is 16.6. The monoisotopic (exact) mass is 356 g/mol. The fraction of sp³-hybridized carbons (Fsp3) is 0.500. The first-order chi connectivity index (χ1) is 12.3. The highest BCUT2D eigenvalue weighted by Gasteiger charge is 2.39. The van der Waals surface area contributed by atoms with Crippen LogP contribution in [0.3, 0.4) is 0 Å². The van der Waals surface area contributed by atoms with Crippen LogP contribution < -0.4 is 4.74 Å². The first kappa shape index (κ1) is 18.7. The second kappa shape index (κ2) is 7.67. The fourth-order valence-corrected chi connectivity index (χ4v) is 3.58. The van der Waals surface area contributed by atoms with Crippen molar-refractivity contribution in [2.75, 3.05) is 13.7 Å². The molecule has 2 aliphatic carbocycles. The lowest BCUT2D eigenvalue weighted by Crippen LogP contribution is -2.27. The van der Waals surface area contributed by atoms with Gasteiger partial charge in [0.25, 0.3) is 0 Å². The summed E-state index contributed by atoms with van der Waals surface area (Å²) in [4.78, 5) is 12.0. The third-order valence-electron chi connectivity index (χ3n) is 4.80. The van der Waals surface area contributed by atoms with Gasteiger partial charge in [-0.25, -0.2) is 4.79 Å². The average Bonchev–Trinajstić information content (AvgIpc) is 2.88. The number of methoxy groups -OCH3 is 1. The van der Waals surface area contributed by atoms with E-state index in [9.17, 15) is 4.79 Å². The maximum absolute atomic E-state index is 12.0. The predicted octanol–water partition coefficient (Wildman–Crippen LogP) is 4.45. The molecule has 0 N–H and O–H groups in total. The third-order valence-corrected chi connectivity index (χ3v) is 4.80. The average molecular weight is 356 g/mol. The Balaban J connectivity index is 1.47. The summed E-state index contributed by atoms with van der Waals surface area (Å²) in [6.07, 6.45) is 6.02. The number of allylic oxidation sites excluding steroid dienone is 2. The molecule has 2 atom stereocenters. The van der Waals surface area contributed by atoms with Gasteiger partial charge in [-0.2, -0.15) is 0 Å². The molecule has 1 saturated carbocycles. The van der Waals surface area contributed by atoms with Crippen molar-refractivity contribution in [1.82, 2.24) is 0 Å². The third kappa shape index (κ3) is 4.76. The summed E-state index contributed by atoms with van der Waals surface area (Å²) in [7, 11) is 1.66. The van der Waals surface area contributed by atoms with Crippen LogP contribution in [0, 0.1) is 11.8 Å². The summed E-state index contributed by atoms with van der Waals surface area (Å²) in [6.45, 7) is 6.91. The van der Waals surface area contributed by atoms with Crippen LogP contribution in [0.2, 0.25) is 0 Å². The zero-order valence-electron chi connectivity index (χ0n) is 16.1. The predicted molar refractivity (Wildman–Crippen MR) is 101 cm³/mol. The number of carbonyl (C=O) groups excluding carboxylic acids is 1. The molecule has 1 fully saturated rings. The first-order valence-corrected chi connectivity index (χ1v) is 9.18. The Morgan fingerprint density at radius 3 is 2.54 bits per heavy atom. The van der Waals surface area contributed by atoms with Gasteiger partial charge in [-0.1, -0.05) is 23.8 Å². The maximum Gasteiger partial charge on any atom is 0.331 e. The molecule has 3 rings (SSSR count). The zero-order valence-corrected chi connectivity index (χ0v) is 16.1. The van der Waals surface area contributed by atoms with Crippen molar-refractivity contribution in [3.8, 4) is 5.75 Å². The van der Waals surface area contributed by atoms with Crippen LogP contribution in [-0.2, 0) is 20.9 Å². The van der Waals surface area contributed by atoms with Gasteiger partial charge in [0.2, 0.25) is 0 Å². The van der Waals surface area contributed by atoms with Gasteiger partial charge in [0.1, 0.15) is 11.4 Å². The first-order valence-electron chi connectivity index (χ1n) is 9.18. The molecule has 1 aromatic rings. The van der Waals surface area contributed by atoms with E-state index in [2.05, 4.69) is 6.08 Å². The molecule has 140 valence electrons. The Morgan fingerprint density at radius 2 is 1.88 bits per heavy atom. The Bertz CT molecular complexity index is 707. The quantitative estimate of drug-likeness (QED) is 0.429. The van der Waals surface area contributed by atoms with E-state index in [0.29, 0.717) is 25.0 Å². The molecule has 0 aromatic heterocycles. The molecule has 4 nitrogen and oxygen atoms in total. The Labute approximate surface area is 155 Å². The molecule has 0 radical (unpaired) electrons. The maximum atomic E-state index is 12.0.